The summed E-state index contributed by atoms with van der Waals surface area (Å²) in [5.74, 6) is -3.07. The predicted molar refractivity (Wildman–Crippen MR) is 165 cm³/mol. The molecule has 2 aromatic carbocycles. The van der Waals surface area contributed by atoms with Gasteiger partial charge in [-0.2, -0.15) is 0 Å². The Morgan fingerprint density at radius 1 is 0.864 bits per heavy atom. The molecule has 1 aliphatic rings. The van der Waals surface area contributed by atoms with Crippen LogP contribution in [0.1, 0.15) is 58.6 Å². The molecule has 0 saturated carbocycles. The number of aliphatic carboxylic acids is 1. The molecule has 2 aromatic rings. The summed E-state index contributed by atoms with van der Waals surface area (Å²) in [5, 5.41) is 17.9. The van der Waals surface area contributed by atoms with Crippen LogP contribution in [-0.4, -0.2) is 76.1 Å². The van der Waals surface area contributed by atoms with E-state index in [1.54, 1.807) is 58.9 Å². The summed E-state index contributed by atoms with van der Waals surface area (Å²) in [7, 11) is 0. The van der Waals surface area contributed by atoms with Gasteiger partial charge in [-0.1, -0.05) is 74.5 Å². The Balaban J connectivity index is 1.78. The lowest BCUT2D eigenvalue weighted by Crippen LogP contribution is -2.58. The van der Waals surface area contributed by atoms with Crippen LogP contribution in [0, 0.1) is 5.92 Å². The molecular weight excluding hydrogens is 564 g/mol. The average Bonchev–Trinajstić information content (AvgIpc) is 3.45. The van der Waals surface area contributed by atoms with Crippen molar-refractivity contribution >= 4 is 29.8 Å². The molecule has 1 aliphatic heterocycles. The lowest BCUT2D eigenvalue weighted by atomic mass is 10.0. The van der Waals surface area contributed by atoms with Gasteiger partial charge in [0.1, 0.15) is 29.8 Å². The molecule has 0 aliphatic carbocycles. The van der Waals surface area contributed by atoms with Crippen molar-refractivity contribution in [3.05, 3.63) is 71.8 Å². The number of carbonyl (C=O) groups is 5. The van der Waals surface area contributed by atoms with E-state index < -0.39 is 59.6 Å². The SMILES string of the molecule is CC(C)[C@H](NC(=O)OC(C)(C)C)C(=O)N1CCC[C@H]1C(=O)N[C@@H](Cc1ccccc1)C(=O)N[C@@H](Cc1ccccc1)C(=O)O. The Kier molecular flexibility index (Phi) is 11.9. The standard InChI is InChI=1S/C33H44N4O7/c1-21(2)27(36-32(43)44-33(3,4)5)30(40)37-18-12-17-26(37)29(39)34-24(19-22-13-8-6-9-14-22)28(38)35-25(31(41)42)20-23-15-10-7-11-16-23/h6-11,13-16,21,24-27H,12,17-20H2,1-5H3,(H,34,39)(H,35,38)(H,36,43)(H,41,42)/t24-,25-,26-,27-/m0/s1. The highest BCUT2D eigenvalue weighted by atomic mass is 16.6. The Hall–Kier alpha value is -4.41. The summed E-state index contributed by atoms with van der Waals surface area (Å²) in [5.41, 5.74) is 0.757. The highest BCUT2D eigenvalue weighted by molar-refractivity contribution is 5.95. The van der Waals surface area contributed by atoms with Crippen LogP contribution in [0.25, 0.3) is 0 Å². The number of benzene rings is 2. The maximum Gasteiger partial charge on any atom is 0.408 e. The van der Waals surface area contributed by atoms with Crippen LogP contribution in [0.2, 0.25) is 0 Å². The molecule has 0 bridgehead atoms. The van der Waals surface area contributed by atoms with Crippen molar-refractivity contribution in [1.82, 2.24) is 20.9 Å². The Bertz CT molecular complexity index is 1290. The molecule has 0 radical (unpaired) electrons. The molecule has 4 N–H and O–H groups in total. The molecule has 44 heavy (non-hydrogen) atoms. The van der Waals surface area contributed by atoms with Gasteiger partial charge in [-0.15, -0.1) is 0 Å². The molecule has 11 nitrogen and oxygen atoms in total. The zero-order chi connectivity index (χ0) is 32.4. The molecule has 3 rings (SSSR count). The summed E-state index contributed by atoms with van der Waals surface area (Å²) in [6, 6.07) is 13.9. The molecule has 1 heterocycles. The Labute approximate surface area is 258 Å². The van der Waals surface area contributed by atoms with Gasteiger partial charge in [0.05, 0.1) is 0 Å². The normalized spacial score (nSPS) is 16.9. The Morgan fingerprint density at radius 3 is 1.91 bits per heavy atom. The van der Waals surface area contributed by atoms with Gasteiger partial charge in [-0.25, -0.2) is 9.59 Å². The van der Waals surface area contributed by atoms with E-state index in [9.17, 15) is 29.1 Å². The molecule has 1 saturated heterocycles. The minimum atomic E-state index is -1.21. The molecule has 238 valence electrons. The summed E-state index contributed by atoms with van der Waals surface area (Å²) >= 11 is 0. The maximum absolute atomic E-state index is 13.7. The minimum absolute atomic E-state index is 0.0695. The number of alkyl carbamates (subject to hydrolysis) is 1. The largest absolute Gasteiger partial charge is 0.480 e. The first-order valence-electron chi connectivity index (χ1n) is 15.0. The van der Waals surface area contributed by atoms with Gasteiger partial charge in [-0.3, -0.25) is 14.4 Å². The molecule has 0 aromatic heterocycles. The third kappa shape index (κ3) is 10.1. The smallest absolute Gasteiger partial charge is 0.408 e. The van der Waals surface area contributed by atoms with E-state index >= 15 is 0 Å². The average molecular weight is 609 g/mol. The molecular formula is C33H44N4O7. The van der Waals surface area contributed by atoms with Gasteiger partial charge in [0.25, 0.3) is 0 Å². The number of carboxylic acids is 1. The quantitative estimate of drug-likeness (QED) is 0.289. The van der Waals surface area contributed by atoms with E-state index in [-0.39, 0.29) is 18.8 Å². The van der Waals surface area contributed by atoms with Crippen molar-refractivity contribution in [2.75, 3.05) is 6.54 Å². The fourth-order valence-corrected chi connectivity index (χ4v) is 5.08. The molecule has 1 fully saturated rings. The molecule has 4 amide bonds. The second kappa shape index (κ2) is 15.4. The molecule has 4 atom stereocenters. The second-order valence-corrected chi connectivity index (χ2v) is 12.4. The first-order valence-corrected chi connectivity index (χ1v) is 15.0. The van der Waals surface area contributed by atoms with Crippen molar-refractivity contribution in [3.63, 3.8) is 0 Å². The summed E-state index contributed by atoms with van der Waals surface area (Å²) in [4.78, 5) is 66.8. The fraction of sp³-hybridized carbons (Fsp3) is 0.485. The number of ether oxygens (including phenoxy) is 1. The minimum Gasteiger partial charge on any atom is -0.480 e. The first kappa shape index (κ1) is 34.1. The van der Waals surface area contributed by atoms with Crippen molar-refractivity contribution in [2.24, 2.45) is 5.92 Å². The van der Waals surface area contributed by atoms with Crippen LogP contribution in [-0.2, 0) is 36.8 Å². The van der Waals surface area contributed by atoms with E-state index in [0.29, 0.717) is 19.4 Å². The van der Waals surface area contributed by atoms with Crippen LogP contribution >= 0.6 is 0 Å². The van der Waals surface area contributed by atoms with Crippen LogP contribution in [0.15, 0.2) is 60.7 Å². The number of carbonyl (C=O) groups excluding carboxylic acids is 4. The van der Waals surface area contributed by atoms with E-state index in [2.05, 4.69) is 16.0 Å². The van der Waals surface area contributed by atoms with Crippen LogP contribution in [0.3, 0.4) is 0 Å². The number of nitrogens with one attached hydrogen (secondary N) is 3. The number of nitrogens with zero attached hydrogens (tertiary/aromatic N) is 1. The monoisotopic (exact) mass is 608 g/mol. The Morgan fingerprint density at radius 2 is 1.41 bits per heavy atom. The number of amides is 4. The van der Waals surface area contributed by atoms with Crippen molar-refractivity contribution in [2.45, 2.75) is 90.1 Å². The van der Waals surface area contributed by atoms with E-state index in [0.717, 1.165) is 11.1 Å². The van der Waals surface area contributed by atoms with Crippen LogP contribution in [0.5, 0.6) is 0 Å². The third-order valence-corrected chi connectivity index (χ3v) is 7.26. The fourth-order valence-electron chi connectivity index (χ4n) is 5.08. The summed E-state index contributed by atoms with van der Waals surface area (Å²) in [6.45, 7) is 9.06. The lowest BCUT2D eigenvalue weighted by molar-refractivity contribution is -0.143. The van der Waals surface area contributed by atoms with Crippen LogP contribution in [0.4, 0.5) is 4.79 Å². The van der Waals surface area contributed by atoms with Gasteiger partial charge in [0.2, 0.25) is 17.7 Å². The van der Waals surface area contributed by atoms with Gasteiger partial charge < -0.3 is 30.7 Å². The molecule has 0 spiro atoms. The zero-order valence-corrected chi connectivity index (χ0v) is 26.0. The molecule has 0 unspecified atom stereocenters. The summed E-state index contributed by atoms with van der Waals surface area (Å²) in [6.07, 6.45) is 0.397. The highest BCUT2D eigenvalue weighted by Gasteiger charge is 2.40. The van der Waals surface area contributed by atoms with E-state index in [4.69, 9.17) is 4.74 Å². The van der Waals surface area contributed by atoms with Gasteiger partial charge in [0, 0.05) is 19.4 Å². The van der Waals surface area contributed by atoms with Gasteiger partial charge >= 0.3 is 12.1 Å². The number of hydrogen-bond donors (Lipinski definition) is 4. The maximum atomic E-state index is 13.7. The topological polar surface area (TPSA) is 154 Å². The number of carboxylic acid groups (broad SMARTS) is 1. The molecule has 11 heteroatoms. The third-order valence-electron chi connectivity index (χ3n) is 7.26. The highest BCUT2D eigenvalue weighted by Crippen LogP contribution is 2.21. The number of hydrogen-bond acceptors (Lipinski definition) is 6. The summed E-state index contributed by atoms with van der Waals surface area (Å²) < 4.78 is 5.34. The van der Waals surface area contributed by atoms with Gasteiger partial charge in [-0.05, 0) is 50.7 Å². The van der Waals surface area contributed by atoms with Crippen molar-refractivity contribution in [3.8, 4) is 0 Å². The number of rotatable bonds is 12. The zero-order valence-electron chi connectivity index (χ0n) is 26.0. The number of likely N-dealkylation sites (tertiary alicyclic amines) is 1. The second-order valence-electron chi connectivity index (χ2n) is 12.4. The first-order chi connectivity index (χ1) is 20.7. The lowest BCUT2D eigenvalue weighted by Gasteiger charge is -2.32. The van der Waals surface area contributed by atoms with Gasteiger partial charge in [0.15, 0.2) is 0 Å². The van der Waals surface area contributed by atoms with Crippen molar-refractivity contribution in [1.29, 1.82) is 0 Å². The predicted octanol–water partition coefficient (Wildman–Crippen LogP) is 3.07. The van der Waals surface area contributed by atoms with Crippen LogP contribution < -0.4 is 16.0 Å². The van der Waals surface area contributed by atoms with E-state index in [1.807, 2.05) is 36.4 Å². The van der Waals surface area contributed by atoms with E-state index in [1.165, 1.54) is 4.90 Å². The van der Waals surface area contributed by atoms with Crippen molar-refractivity contribution < 1.29 is 33.8 Å².